The number of hydrogen-bond acceptors (Lipinski definition) is 0. The first-order valence-corrected chi connectivity index (χ1v) is 13.3. The summed E-state index contributed by atoms with van der Waals surface area (Å²) < 4.78 is 0. The second-order valence-corrected chi connectivity index (χ2v) is 10.9. The molecule has 0 bridgehead atoms. The fourth-order valence-corrected chi connectivity index (χ4v) is 7.04. The largest absolute Gasteiger partial charge is 0.0795 e. The Morgan fingerprint density at radius 1 is 0.514 bits per heavy atom. The van der Waals surface area contributed by atoms with Gasteiger partial charge in [0.15, 0.2) is 0 Å². The van der Waals surface area contributed by atoms with E-state index in [4.69, 9.17) is 0 Å². The molecule has 2 aliphatic carbocycles. The highest BCUT2D eigenvalue weighted by Crippen LogP contribution is 2.62. The summed E-state index contributed by atoms with van der Waals surface area (Å²) in [6.07, 6.45) is 5.45. The van der Waals surface area contributed by atoms with Crippen molar-refractivity contribution in [3.05, 3.63) is 172 Å². The van der Waals surface area contributed by atoms with E-state index in [9.17, 15) is 0 Å². The minimum atomic E-state index is -0.312. The molecule has 0 heteroatoms. The zero-order chi connectivity index (χ0) is 25.0. The molecule has 2 aliphatic rings. The molecule has 0 saturated heterocycles. The van der Waals surface area contributed by atoms with Crippen LogP contribution in [0.3, 0.4) is 0 Å². The first kappa shape index (κ1) is 22.1. The SMILES string of the molecule is CC1(C)c2ccccc2C2(c3ccccc3-c3c(C/C=C/c4ccccc4)cccc32)c2ccccc21. The zero-order valence-electron chi connectivity index (χ0n) is 21.4. The van der Waals surface area contributed by atoms with Crippen molar-refractivity contribution in [3.8, 4) is 11.1 Å². The Balaban J connectivity index is 1.52. The fraction of sp³-hybridized carbons (Fsp3) is 0.135. The van der Waals surface area contributed by atoms with Crippen molar-refractivity contribution in [2.45, 2.75) is 31.1 Å². The lowest BCUT2D eigenvalue weighted by molar-refractivity contribution is 0.563. The Hall–Kier alpha value is -4.16. The van der Waals surface area contributed by atoms with E-state index in [0.717, 1.165) is 6.42 Å². The highest BCUT2D eigenvalue weighted by Gasteiger charge is 2.53. The van der Waals surface area contributed by atoms with Crippen molar-refractivity contribution >= 4 is 6.08 Å². The molecule has 0 aliphatic heterocycles. The zero-order valence-corrected chi connectivity index (χ0v) is 21.4. The summed E-state index contributed by atoms with van der Waals surface area (Å²) in [4.78, 5) is 0. The number of hydrogen-bond donors (Lipinski definition) is 0. The molecular weight excluding hydrogens is 444 g/mol. The molecule has 0 radical (unpaired) electrons. The van der Waals surface area contributed by atoms with E-state index in [1.807, 2.05) is 0 Å². The topological polar surface area (TPSA) is 0 Å². The molecule has 0 N–H and O–H groups in total. The molecular formula is C37H30. The van der Waals surface area contributed by atoms with Gasteiger partial charge in [-0.15, -0.1) is 0 Å². The molecule has 1 spiro atoms. The van der Waals surface area contributed by atoms with Gasteiger partial charge in [-0.2, -0.15) is 0 Å². The lowest BCUT2D eigenvalue weighted by atomic mass is 9.55. The summed E-state index contributed by atoms with van der Waals surface area (Å²) in [5, 5.41) is 0. The Morgan fingerprint density at radius 3 is 1.73 bits per heavy atom. The molecule has 0 fully saturated rings. The lowest BCUT2D eigenvalue weighted by Gasteiger charge is -2.46. The molecule has 37 heavy (non-hydrogen) atoms. The molecule has 0 amide bonds. The molecule has 0 aromatic heterocycles. The molecule has 5 aromatic carbocycles. The average Bonchev–Trinajstić information content (AvgIpc) is 3.25. The van der Waals surface area contributed by atoms with Gasteiger partial charge in [0.05, 0.1) is 5.41 Å². The van der Waals surface area contributed by atoms with Crippen molar-refractivity contribution in [1.82, 2.24) is 0 Å². The maximum Gasteiger partial charge on any atom is 0.0719 e. The third-order valence-electron chi connectivity index (χ3n) is 8.61. The van der Waals surface area contributed by atoms with Gasteiger partial charge in [-0.3, -0.25) is 0 Å². The van der Waals surface area contributed by atoms with Gasteiger partial charge in [0.1, 0.15) is 0 Å². The van der Waals surface area contributed by atoms with Crippen LogP contribution in [0.15, 0.2) is 127 Å². The number of benzene rings is 5. The molecule has 0 heterocycles. The van der Waals surface area contributed by atoms with Crippen LogP contribution >= 0.6 is 0 Å². The smallest absolute Gasteiger partial charge is 0.0719 e. The van der Waals surface area contributed by atoms with E-state index in [-0.39, 0.29) is 10.8 Å². The monoisotopic (exact) mass is 474 g/mol. The Labute approximate surface area is 220 Å². The van der Waals surface area contributed by atoms with Crippen LogP contribution in [0, 0.1) is 0 Å². The van der Waals surface area contributed by atoms with Crippen molar-refractivity contribution < 1.29 is 0 Å². The maximum atomic E-state index is 2.38. The molecule has 7 rings (SSSR count). The molecule has 0 nitrogen and oxygen atoms in total. The predicted molar refractivity (Wildman–Crippen MR) is 155 cm³/mol. The fourth-order valence-electron chi connectivity index (χ4n) is 7.04. The van der Waals surface area contributed by atoms with E-state index in [2.05, 4.69) is 147 Å². The average molecular weight is 475 g/mol. The van der Waals surface area contributed by atoms with Crippen molar-refractivity contribution in [1.29, 1.82) is 0 Å². The summed E-state index contributed by atoms with van der Waals surface area (Å²) in [5.74, 6) is 0. The van der Waals surface area contributed by atoms with Crippen LogP contribution in [0.5, 0.6) is 0 Å². The van der Waals surface area contributed by atoms with Crippen molar-refractivity contribution in [3.63, 3.8) is 0 Å². The predicted octanol–water partition coefficient (Wildman–Crippen LogP) is 8.94. The molecule has 178 valence electrons. The number of fused-ring (bicyclic) bond motifs is 9. The van der Waals surface area contributed by atoms with Gasteiger partial charge >= 0.3 is 0 Å². The van der Waals surface area contributed by atoms with Gasteiger partial charge in [-0.25, -0.2) is 0 Å². The Kier molecular flexibility index (Phi) is 4.88. The Morgan fingerprint density at radius 2 is 1.05 bits per heavy atom. The standard InChI is InChI=1S/C37H30/c1-36(2)30-21-8-10-23-32(30)37(33-24-11-9-22-31(33)36)29-20-7-6-19-28(29)35-27(18-13-25-34(35)37)17-12-16-26-14-4-3-5-15-26/h3-16,18-25H,17H2,1-2H3/b16-12+. The van der Waals surface area contributed by atoms with Crippen LogP contribution in [0.2, 0.25) is 0 Å². The quantitative estimate of drug-likeness (QED) is 0.240. The summed E-state index contributed by atoms with van der Waals surface area (Å²) in [5.41, 5.74) is 13.5. The molecule has 0 unspecified atom stereocenters. The van der Waals surface area contributed by atoms with Crippen LogP contribution in [0.4, 0.5) is 0 Å². The second kappa shape index (κ2) is 8.18. The van der Waals surface area contributed by atoms with Gasteiger partial charge in [0.2, 0.25) is 0 Å². The van der Waals surface area contributed by atoms with E-state index < -0.39 is 0 Å². The molecule has 0 saturated carbocycles. The normalized spacial score (nSPS) is 15.7. The number of rotatable bonds is 3. The summed E-state index contributed by atoms with van der Waals surface area (Å²) in [6.45, 7) is 4.76. The van der Waals surface area contributed by atoms with Crippen LogP contribution in [0.1, 0.15) is 58.4 Å². The maximum absolute atomic E-state index is 2.38. The molecule has 0 atom stereocenters. The third-order valence-corrected chi connectivity index (χ3v) is 8.61. The first-order chi connectivity index (χ1) is 18.1. The van der Waals surface area contributed by atoms with Crippen molar-refractivity contribution in [2.75, 3.05) is 0 Å². The van der Waals surface area contributed by atoms with Gasteiger partial charge < -0.3 is 0 Å². The van der Waals surface area contributed by atoms with Gasteiger partial charge in [-0.1, -0.05) is 147 Å². The molecule has 5 aromatic rings. The van der Waals surface area contributed by atoms with Crippen LogP contribution in [-0.4, -0.2) is 0 Å². The van der Waals surface area contributed by atoms with Crippen LogP contribution in [-0.2, 0) is 17.3 Å². The first-order valence-electron chi connectivity index (χ1n) is 13.3. The minimum absolute atomic E-state index is 0.0633. The van der Waals surface area contributed by atoms with Gasteiger partial charge in [0, 0.05) is 5.41 Å². The van der Waals surface area contributed by atoms with Crippen molar-refractivity contribution in [2.24, 2.45) is 0 Å². The van der Waals surface area contributed by atoms with E-state index in [1.165, 1.54) is 55.6 Å². The Bertz CT molecular complexity index is 1620. The summed E-state index contributed by atoms with van der Waals surface area (Å²) >= 11 is 0. The van der Waals surface area contributed by atoms with Crippen LogP contribution in [0.25, 0.3) is 17.2 Å². The minimum Gasteiger partial charge on any atom is -0.0795 e. The van der Waals surface area contributed by atoms with E-state index >= 15 is 0 Å². The van der Waals surface area contributed by atoms with Crippen LogP contribution < -0.4 is 0 Å². The highest BCUT2D eigenvalue weighted by atomic mass is 14.5. The summed E-state index contributed by atoms with van der Waals surface area (Å²) in [7, 11) is 0. The van der Waals surface area contributed by atoms with E-state index in [1.54, 1.807) is 0 Å². The third kappa shape index (κ3) is 3.02. The second-order valence-electron chi connectivity index (χ2n) is 10.9. The highest BCUT2D eigenvalue weighted by molar-refractivity contribution is 5.90. The van der Waals surface area contributed by atoms with Gasteiger partial charge in [0.25, 0.3) is 0 Å². The van der Waals surface area contributed by atoms with Gasteiger partial charge in [-0.05, 0) is 62.1 Å². The van der Waals surface area contributed by atoms with E-state index in [0.29, 0.717) is 0 Å². The summed E-state index contributed by atoms with van der Waals surface area (Å²) in [6, 6.07) is 44.9. The number of allylic oxidation sites excluding steroid dienone is 1. The lowest BCUT2D eigenvalue weighted by Crippen LogP contribution is -2.40.